The van der Waals surface area contributed by atoms with Gasteiger partial charge in [0.25, 0.3) is 0 Å². The maximum atomic E-state index is 11.2. The molecule has 4 heteroatoms. The van der Waals surface area contributed by atoms with Gasteiger partial charge in [-0.15, -0.1) is 0 Å². The number of rotatable bonds is 6. The smallest absolute Gasteiger partial charge is 0.322 e. The minimum absolute atomic E-state index is 0.252. The van der Waals surface area contributed by atoms with Gasteiger partial charge < -0.3 is 14.8 Å². The predicted molar refractivity (Wildman–Crippen MR) is 65.5 cm³/mol. The lowest BCUT2D eigenvalue weighted by Crippen LogP contribution is -2.34. The van der Waals surface area contributed by atoms with Crippen molar-refractivity contribution in [3.8, 4) is 0 Å². The third kappa shape index (κ3) is 4.54. The predicted octanol–water partition coefficient (Wildman–Crippen LogP) is 1.48. The zero-order valence-corrected chi connectivity index (χ0v) is 10.5. The summed E-state index contributed by atoms with van der Waals surface area (Å²) in [6.07, 6.45) is 0. The Hall–Kier alpha value is -1.39. The molecule has 1 rings (SSSR count). The van der Waals surface area contributed by atoms with Gasteiger partial charge in [0.1, 0.15) is 6.04 Å². The Kier molecular flexibility index (Phi) is 5.66. The molecule has 0 bridgehead atoms. The fraction of sp³-hybridized carbons (Fsp3) is 0.462. The standard InChI is InChI=1S/C13H19NO3/c1-10(13(15)17-3)14-8-11-5-4-6-12(7-11)9-16-2/h4-7,10,14H,8-9H2,1-3H3. The van der Waals surface area contributed by atoms with Gasteiger partial charge in [-0.2, -0.15) is 0 Å². The van der Waals surface area contributed by atoms with Crippen LogP contribution in [0.25, 0.3) is 0 Å². The van der Waals surface area contributed by atoms with Crippen molar-refractivity contribution in [2.45, 2.75) is 26.1 Å². The second-order valence-electron chi connectivity index (χ2n) is 3.88. The van der Waals surface area contributed by atoms with Gasteiger partial charge in [0.2, 0.25) is 0 Å². The van der Waals surface area contributed by atoms with Crippen LogP contribution in [-0.4, -0.2) is 26.2 Å². The summed E-state index contributed by atoms with van der Waals surface area (Å²) >= 11 is 0. The average molecular weight is 237 g/mol. The van der Waals surface area contributed by atoms with Crippen LogP contribution in [0.2, 0.25) is 0 Å². The van der Waals surface area contributed by atoms with Crippen LogP contribution < -0.4 is 5.32 Å². The zero-order chi connectivity index (χ0) is 12.7. The fourth-order valence-electron chi connectivity index (χ4n) is 1.53. The summed E-state index contributed by atoms with van der Waals surface area (Å²) in [5.41, 5.74) is 2.24. The van der Waals surface area contributed by atoms with Crippen LogP contribution in [0.5, 0.6) is 0 Å². The maximum absolute atomic E-state index is 11.2. The lowest BCUT2D eigenvalue weighted by atomic mass is 10.1. The molecular weight excluding hydrogens is 218 g/mol. The highest BCUT2D eigenvalue weighted by molar-refractivity contribution is 5.75. The third-order valence-corrected chi connectivity index (χ3v) is 2.47. The van der Waals surface area contributed by atoms with E-state index in [0.717, 1.165) is 11.1 Å². The number of hydrogen-bond acceptors (Lipinski definition) is 4. The molecule has 1 aromatic carbocycles. The van der Waals surface area contributed by atoms with Gasteiger partial charge in [-0.3, -0.25) is 4.79 Å². The lowest BCUT2D eigenvalue weighted by Gasteiger charge is -2.12. The van der Waals surface area contributed by atoms with Crippen molar-refractivity contribution < 1.29 is 14.3 Å². The second-order valence-corrected chi connectivity index (χ2v) is 3.88. The first-order valence-electron chi connectivity index (χ1n) is 5.55. The van der Waals surface area contributed by atoms with Gasteiger partial charge in [-0.25, -0.2) is 0 Å². The van der Waals surface area contributed by atoms with Crippen molar-refractivity contribution in [1.82, 2.24) is 5.32 Å². The van der Waals surface area contributed by atoms with Crippen LogP contribution in [0, 0.1) is 0 Å². The molecule has 1 N–H and O–H groups in total. The topological polar surface area (TPSA) is 47.6 Å². The molecule has 0 fully saturated rings. The highest BCUT2D eigenvalue weighted by Crippen LogP contribution is 2.06. The molecule has 4 nitrogen and oxygen atoms in total. The Labute approximate surface area is 102 Å². The summed E-state index contributed by atoms with van der Waals surface area (Å²) in [6, 6.07) is 7.76. The summed E-state index contributed by atoms with van der Waals surface area (Å²) in [4.78, 5) is 11.2. The molecule has 0 heterocycles. The first-order valence-corrected chi connectivity index (χ1v) is 5.55. The molecule has 0 amide bonds. The summed E-state index contributed by atoms with van der Waals surface area (Å²) < 4.78 is 9.71. The molecule has 0 aliphatic rings. The number of carbonyl (C=O) groups excluding carboxylic acids is 1. The quantitative estimate of drug-likeness (QED) is 0.761. The van der Waals surface area contributed by atoms with Crippen molar-refractivity contribution >= 4 is 5.97 Å². The van der Waals surface area contributed by atoms with Gasteiger partial charge in [-0.1, -0.05) is 24.3 Å². The number of nitrogens with one attached hydrogen (secondary N) is 1. The number of benzene rings is 1. The molecule has 1 atom stereocenters. The maximum Gasteiger partial charge on any atom is 0.322 e. The molecule has 0 radical (unpaired) electrons. The molecule has 94 valence electrons. The largest absolute Gasteiger partial charge is 0.468 e. The molecule has 0 saturated heterocycles. The van der Waals surface area contributed by atoms with Crippen LogP contribution in [-0.2, 0) is 27.4 Å². The monoisotopic (exact) mass is 237 g/mol. The first kappa shape index (κ1) is 13.7. The molecule has 1 aromatic rings. The second kappa shape index (κ2) is 7.04. The van der Waals surface area contributed by atoms with E-state index in [2.05, 4.69) is 16.1 Å². The Bertz CT molecular complexity index is 365. The average Bonchev–Trinajstić information content (AvgIpc) is 2.36. The van der Waals surface area contributed by atoms with Crippen LogP contribution in [0.4, 0.5) is 0 Å². The van der Waals surface area contributed by atoms with Crippen LogP contribution >= 0.6 is 0 Å². The normalized spacial score (nSPS) is 12.2. The van der Waals surface area contributed by atoms with Gasteiger partial charge in [-0.05, 0) is 18.1 Å². The van der Waals surface area contributed by atoms with Gasteiger partial charge in [0, 0.05) is 13.7 Å². The van der Waals surface area contributed by atoms with Gasteiger partial charge in [0.15, 0.2) is 0 Å². The van der Waals surface area contributed by atoms with Gasteiger partial charge >= 0.3 is 5.97 Å². The van der Waals surface area contributed by atoms with E-state index in [1.54, 1.807) is 14.0 Å². The summed E-state index contributed by atoms with van der Waals surface area (Å²) in [7, 11) is 3.06. The molecule has 0 aromatic heterocycles. The van der Waals surface area contributed by atoms with E-state index < -0.39 is 0 Å². The van der Waals surface area contributed by atoms with Crippen molar-refractivity contribution in [3.05, 3.63) is 35.4 Å². The van der Waals surface area contributed by atoms with E-state index in [-0.39, 0.29) is 12.0 Å². The van der Waals surface area contributed by atoms with Crippen LogP contribution in [0.1, 0.15) is 18.1 Å². The SMILES string of the molecule is COCc1cccc(CNC(C)C(=O)OC)c1. The summed E-state index contributed by atoms with van der Waals surface area (Å²) in [5, 5.41) is 3.10. The number of hydrogen-bond donors (Lipinski definition) is 1. The fourth-order valence-corrected chi connectivity index (χ4v) is 1.53. The highest BCUT2D eigenvalue weighted by Gasteiger charge is 2.11. The molecule has 1 unspecified atom stereocenters. The zero-order valence-electron chi connectivity index (χ0n) is 10.5. The molecular formula is C13H19NO3. The van der Waals surface area contributed by atoms with Crippen molar-refractivity contribution in [2.24, 2.45) is 0 Å². The molecule has 17 heavy (non-hydrogen) atoms. The minimum atomic E-state index is -0.300. The highest BCUT2D eigenvalue weighted by atomic mass is 16.5. The van der Waals surface area contributed by atoms with E-state index in [0.29, 0.717) is 13.2 Å². The van der Waals surface area contributed by atoms with Crippen LogP contribution in [0.15, 0.2) is 24.3 Å². The lowest BCUT2D eigenvalue weighted by molar-refractivity contribution is -0.142. The molecule has 0 aliphatic heterocycles. The Morgan fingerprint density at radius 1 is 1.35 bits per heavy atom. The van der Waals surface area contributed by atoms with Crippen molar-refractivity contribution in [3.63, 3.8) is 0 Å². The molecule has 0 aliphatic carbocycles. The van der Waals surface area contributed by atoms with Crippen molar-refractivity contribution in [1.29, 1.82) is 0 Å². The number of esters is 1. The third-order valence-electron chi connectivity index (χ3n) is 2.47. The summed E-state index contributed by atoms with van der Waals surface area (Å²) in [5.74, 6) is -0.252. The van der Waals surface area contributed by atoms with Gasteiger partial charge in [0.05, 0.1) is 13.7 Å². The minimum Gasteiger partial charge on any atom is -0.468 e. The van der Waals surface area contributed by atoms with E-state index in [1.165, 1.54) is 7.11 Å². The van der Waals surface area contributed by atoms with E-state index in [1.807, 2.05) is 18.2 Å². The summed E-state index contributed by atoms with van der Waals surface area (Å²) in [6.45, 7) is 3.01. The Morgan fingerprint density at radius 2 is 2.06 bits per heavy atom. The van der Waals surface area contributed by atoms with E-state index >= 15 is 0 Å². The molecule has 0 spiro atoms. The number of ether oxygens (including phenoxy) is 2. The molecule has 0 saturated carbocycles. The van der Waals surface area contributed by atoms with E-state index in [9.17, 15) is 4.79 Å². The number of methoxy groups -OCH3 is 2. The van der Waals surface area contributed by atoms with Crippen LogP contribution in [0.3, 0.4) is 0 Å². The van der Waals surface area contributed by atoms with E-state index in [4.69, 9.17) is 4.74 Å². The Morgan fingerprint density at radius 3 is 2.71 bits per heavy atom. The Balaban J connectivity index is 2.51. The number of carbonyl (C=O) groups is 1. The first-order chi connectivity index (χ1) is 8.17. The van der Waals surface area contributed by atoms with Crippen molar-refractivity contribution in [2.75, 3.05) is 14.2 Å².